The van der Waals surface area contributed by atoms with Crippen molar-refractivity contribution in [2.45, 2.75) is 18.2 Å². The zero-order valence-electron chi connectivity index (χ0n) is 19.3. The lowest BCUT2D eigenvalue weighted by molar-refractivity contribution is -0.113. The van der Waals surface area contributed by atoms with E-state index in [0.29, 0.717) is 11.7 Å². The molecule has 0 atom stereocenters. The molecule has 0 bridgehead atoms. The third-order valence-electron chi connectivity index (χ3n) is 5.85. The van der Waals surface area contributed by atoms with E-state index in [4.69, 9.17) is 4.42 Å². The number of hydrogen-bond donors (Lipinski definition) is 1. The first-order valence-electron chi connectivity index (χ1n) is 11.6. The Bertz CT molecular complexity index is 1200. The highest BCUT2D eigenvalue weighted by Gasteiger charge is 2.17. The smallest absolute Gasteiger partial charge is 0.234 e. The molecule has 1 N–H and O–H groups in total. The summed E-state index contributed by atoms with van der Waals surface area (Å²) >= 11 is 1.29. The normalized spacial score (nSPS) is 14.2. The molecule has 0 aliphatic carbocycles. The molecule has 0 unspecified atom stereocenters. The minimum absolute atomic E-state index is 0.107. The maximum absolute atomic E-state index is 12.5. The first-order chi connectivity index (χ1) is 17.2. The monoisotopic (exact) mass is 489 g/mol. The number of aromatic nitrogens is 4. The van der Waals surface area contributed by atoms with Crippen molar-refractivity contribution in [1.82, 2.24) is 25.1 Å². The van der Waals surface area contributed by atoms with Gasteiger partial charge in [0.15, 0.2) is 0 Å². The summed E-state index contributed by atoms with van der Waals surface area (Å²) in [6.45, 7) is 5.45. The number of benzene rings is 2. The number of nitrogens with zero attached hydrogens (tertiary/aromatic N) is 6. The number of carbonyl (C=O) groups is 1. The number of rotatable bonds is 9. The van der Waals surface area contributed by atoms with E-state index in [0.717, 1.165) is 44.2 Å². The molecular weight excluding hydrogens is 462 g/mol. The Labute approximate surface area is 208 Å². The lowest BCUT2D eigenvalue weighted by Gasteiger charge is -2.36. The fraction of sp³-hybridized carbons (Fsp3) is 0.280. The summed E-state index contributed by atoms with van der Waals surface area (Å²) in [6, 6.07) is 22.3. The molecule has 1 saturated heterocycles. The van der Waals surface area contributed by atoms with Crippen LogP contribution in [0.3, 0.4) is 0 Å². The average Bonchev–Trinajstić information content (AvgIpc) is 3.57. The van der Waals surface area contributed by atoms with Crippen LogP contribution in [0.15, 0.2) is 82.6 Å². The molecule has 9 nitrogen and oxygen atoms in total. The van der Waals surface area contributed by atoms with Gasteiger partial charge in [0.2, 0.25) is 11.1 Å². The van der Waals surface area contributed by atoms with E-state index in [2.05, 4.69) is 73.1 Å². The molecule has 0 spiro atoms. The van der Waals surface area contributed by atoms with Gasteiger partial charge in [0.25, 0.3) is 0 Å². The van der Waals surface area contributed by atoms with Crippen LogP contribution in [0.25, 0.3) is 0 Å². The molecule has 1 amide bonds. The zero-order valence-corrected chi connectivity index (χ0v) is 20.1. The van der Waals surface area contributed by atoms with Crippen molar-refractivity contribution in [2.75, 3.05) is 42.1 Å². The topological polar surface area (TPSA) is 92.3 Å². The van der Waals surface area contributed by atoms with Gasteiger partial charge in [-0.25, -0.2) is 4.68 Å². The number of thioether (sulfide) groups is 1. The molecule has 3 heterocycles. The second-order valence-electron chi connectivity index (χ2n) is 8.33. The molecule has 2 aromatic carbocycles. The van der Waals surface area contributed by atoms with Crippen molar-refractivity contribution in [2.24, 2.45) is 0 Å². The van der Waals surface area contributed by atoms with Gasteiger partial charge in [0.05, 0.1) is 12.0 Å². The van der Waals surface area contributed by atoms with E-state index in [1.165, 1.54) is 23.0 Å². The van der Waals surface area contributed by atoms with Crippen LogP contribution in [-0.4, -0.2) is 62.9 Å². The molecule has 4 aromatic rings. The van der Waals surface area contributed by atoms with Crippen LogP contribution >= 0.6 is 11.8 Å². The van der Waals surface area contributed by atoms with Gasteiger partial charge in [0.1, 0.15) is 12.3 Å². The maximum Gasteiger partial charge on any atom is 0.234 e. The fourth-order valence-corrected chi connectivity index (χ4v) is 4.71. The Hall–Kier alpha value is -3.63. The van der Waals surface area contributed by atoms with E-state index in [-0.39, 0.29) is 11.7 Å². The lowest BCUT2D eigenvalue weighted by atomic mass is 10.2. The van der Waals surface area contributed by atoms with Crippen LogP contribution in [0.5, 0.6) is 0 Å². The molecule has 1 aliphatic rings. The van der Waals surface area contributed by atoms with Gasteiger partial charge in [0, 0.05) is 44.1 Å². The summed E-state index contributed by atoms with van der Waals surface area (Å²) in [7, 11) is 0. The summed E-state index contributed by atoms with van der Waals surface area (Å²) in [5.74, 6) is 0.857. The summed E-state index contributed by atoms with van der Waals surface area (Å²) < 4.78 is 6.95. The number of tetrazole rings is 1. The molecule has 180 valence electrons. The van der Waals surface area contributed by atoms with E-state index in [1.807, 2.05) is 24.3 Å². The standard InChI is InChI=1S/C25H27N7O2S/c33-24(19-35-25-27-28-29-32(25)18-23-7-4-16-34-23)26-21-8-10-22(11-9-21)31-14-12-30(13-15-31)17-20-5-2-1-3-6-20/h1-11,16H,12-15,17-19H2,(H,26,33). The first kappa shape index (κ1) is 23.1. The van der Waals surface area contributed by atoms with Crippen LogP contribution in [0, 0.1) is 0 Å². The Morgan fingerprint density at radius 1 is 0.943 bits per heavy atom. The van der Waals surface area contributed by atoms with Crippen LogP contribution in [-0.2, 0) is 17.9 Å². The number of amides is 1. The Morgan fingerprint density at radius 3 is 2.49 bits per heavy atom. The van der Waals surface area contributed by atoms with Crippen LogP contribution in [0.2, 0.25) is 0 Å². The van der Waals surface area contributed by atoms with Crippen LogP contribution in [0.1, 0.15) is 11.3 Å². The van der Waals surface area contributed by atoms with Crippen molar-refractivity contribution < 1.29 is 9.21 Å². The Balaban J connectivity index is 1.07. The third-order valence-corrected chi connectivity index (χ3v) is 6.81. The molecule has 5 rings (SSSR count). The average molecular weight is 490 g/mol. The predicted molar refractivity (Wildman–Crippen MR) is 135 cm³/mol. The van der Waals surface area contributed by atoms with Crippen molar-refractivity contribution in [3.63, 3.8) is 0 Å². The molecule has 0 saturated carbocycles. The number of nitrogens with one attached hydrogen (secondary N) is 1. The number of piperazine rings is 1. The van der Waals surface area contributed by atoms with E-state index in [9.17, 15) is 4.79 Å². The van der Waals surface area contributed by atoms with Crippen molar-refractivity contribution in [1.29, 1.82) is 0 Å². The quantitative estimate of drug-likeness (QED) is 0.358. The molecule has 10 heteroatoms. The number of carbonyl (C=O) groups excluding carboxylic acids is 1. The van der Waals surface area contributed by atoms with E-state index < -0.39 is 0 Å². The van der Waals surface area contributed by atoms with Gasteiger partial charge in [-0.05, 0) is 52.4 Å². The van der Waals surface area contributed by atoms with Crippen LogP contribution < -0.4 is 10.2 Å². The van der Waals surface area contributed by atoms with Gasteiger partial charge >= 0.3 is 0 Å². The number of hydrogen-bond acceptors (Lipinski definition) is 8. The largest absolute Gasteiger partial charge is 0.467 e. The third kappa shape index (κ3) is 6.28. The lowest BCUT2D eigenvalue weighted by Crippen LogP contribution is -2.45. The summed E-state index contributed by atoms with van der Waals surface area (Å²) in [5, 5.41) is 15.2. The highest BCUT2D eigenvalue weighted by Crippen LogP contribution is 2.21. The van der Waals surface area contributed by atoms with Gasteiger partial charge in [-0.15, -0.1) is 5.10 Å². The van der Waals surface area contributed by atoms with Gasteiger partial charge in [-0.2, -0.15) is 0 Å². The zero-order chi connectivity index (χ0) is 23.9. The minimum atomic E-state index is -0.107. The second-order valence-corrected chi connectivity index (χ2v) is 9.27. The van der Waals surface area contributed by atoms with Crippen molar-refractivity contribution in [3.8, 4) is 0 Å². The van der Waals surface area contributed by atoms with E-state index >= 15 is 0 Å². The Kier molecular flexibility index (Phi) is 7.40. The number of furan rings is 1. The summed E-state index contributed by atoms with van der Waals surface area (Å²) in [4.78, 5) is 17.3. The van der Waals surface area contributed by atoms with Gasteiger partial charge in [-0.1, -0.05) is 42.1 Å². The van der Waals surface area contributed by atoms with E-state index in [1.54, 1.807) is 10.9 Å². The highest BCUT2D eigenvalue weighted by molar-refractivity contribution is 7.99. The van der Waals surface area contributed by atoms with Crippen molar-refractivity contribution in [3.05, 3.63) is 84.3 Å². The molecular formula is C25H27N7O2S. The van der Waals surface area contributed by atoms with Gasteiger partial charge in [-0.3, -0.25) is 9.69 Å². The fourth-order valence-electron chi connectivity index (χ4n) is 4.04. The SMILES string of the molecule is O=C(CSc1nnnn1Cc1ccco1)Nc1ccc(N2CCN(Cc3ccccc3)CC2)cc1. The summed E-state index contributed by atoms with van der Waals surface area (Å²) in [6.07, 6.45) is 1.61. The second kappa shape index (κ2) is 11.2. The number of anilines is 2. The Morgan fingerprint density at radius 2 is 1.74 bits per heavy atom. The van der Waals surface area contributed by atoms with Gasteiger partial charge < -0.3 is 14.6 Å². The summed E-state index contributed by atoms with van der Waals surface area (Å²) in [5.41, 5.74) is 3.30. The predicted octanol–water partition coefficient (Wildman–Crippen LogP) is 3.37. The molecule has 1 fully saturated rings. The molecule has 0 radical (unpaired) electrons. The molecule has 2 aromatic heterocycles. The van der Waals surface area contributed by atoms with Crippen LogP contribution in [0.4, 0.5) is 11.4 Å². The van der Waals surface area contributed by atoms with Crippen molar-refractivity contribution >= 4 is 29.0 Å². The maximum atomic E-state index is 12.5. The first-order valence-corrected chi connectivity index (χ1v) is 12.5. The minimum Gasteiger partial charge on any atom is -0.467 e. The molecule has 1 aliphatic heterocycles. The molecule has 35 heavy (non-hydrogen) atoms. The highest BCUT2D eigenvalue weighted by atomic mass is 32.2.